The smallest absolute Gasteiger partial charge is 0.171 e. The molecule has 0 atom stereocenters. The second-order valence-electron chi connectivity index (χ2n) is 4.45. The van der Waals surface area contributed by atoms with E-state index in [9.17, 15) is 9.18 Å². The van der Waals surface area contributed by atoms with Crippen LogP contribution < -0.4 is 5.32 Å². The Balaban J connectivity index is 2.36. The van der Waals surface area contributed by atoms with Gasteiger partial charge in [0.15, 0.2) is 5.78 Å². The van der Waals surface area contributed by atoms with Crippen molar-refractivity contribution < 1.29 is 9.18 Å². The van der Waals surface area contributed by atoms with Gasteiger partial charge in [-0.3, -0.25) is 4.79 Å². The Morgan fingerprint density at radius 3 is 2.67 bits per heavy atom. The molecule has 0 aromatic heterocycles. The van der Waals surface area contributed by atoms with Crippen molar-refractivity contribution in [1.82, 2.24) is 5.32 Å². The fourth-order valence-corrected chi connectivity index (χ4v) is 1.82. The number of halogens is 1. The molecule has 3 heteroatoms. The van der Waals surface area contributed by atoms with Gasteiger partial charge < -0.3 is 5.32 Å². The van der Waals surface area contributed by atoms with Gasteiger partial charge in [-0.2, -0.15) is 0 Å². The van der Waals surface area contributed by atoms with E-state index in [1.54, 1.807) is 6.07 Å². The van der Waals surface area contributed by atoms with Crippen LogP contribution in [0.2, 0.25) is 0 Å². The summed E-state index contributed by atoms with van der Waals surface area (Å²) in [7, 11) is 0. The molecular weight excluding hydrogens is 193 g/mol. The summed E-state index contributed by atoms with van der Waals surface area (Å²) in [6.07, 6.45) is 0. The molecule has 1 N–H and O–H groups in total. The molecule has 0 spiro atoms. The Kier molecular flexibility index (Phi) is 2.35. The molecule has 2 rings (SSSR count). The van der Waals surface area contributed by atoms with Crippen LogP contribution in [0.25, 0.3) is 0 Å². The molecule has 1 aromatic rings. The zero-order valence-corrected chi connectivity index (χ0v) is 8.93. The van der Waals surface area contributed by atoms with Gasteiger partial charge >= 0.3 is 0 Å². The second-order valence-corrected chi connectivity index (χ2v) is 4.45. The Bertz CT molecular complexity index is 410. The van der Waals surface area contributed by atoms with E-state index in [0.29, 0.717) is 18.7 Å². The van der Waals surface area contributed by atoms with Crippen LogP contribution in [0.1, 0.15) is 22.8 Å². The molecule has 1 aliphatic rings. The lowest BCUT2D eigenvalue weighted by molar-refractivity contribution is 0.0720. The van der Waals surface area contributed by atoms with Gasteiger partial charge in [0.1, 0.15) is 5.82 Å². The van der Waals surface area contributed by atoms with Gasteiger partial charge in [0.2, 0.25) is 0 Å². The van der Waals surface area contributed by atoms with E-state index in [1.165, 1.54) is 12.1 Å². The molecular formula is C12H14FNO. The summed E-state index contributed by atoms with van der Waals surface area (Å²) >= 11 is 0. The molecule has 1 aromatic carbocycles. The summed E-state index contributed by atoms with van der Waals surface area (Å²) < 4.78 is 13.0. The number of carbonyl (C=O) groups is 1. The molecule has 0 saturated carbocycles. The zero-order valence-electron chi connectivity index (χ0n) is 8.93. The minimum absolute atomic E-state index is 0.0400. The van der Waals surface area contributed by atoms with E-state index < -0.39 is 0 Å². The topological polar surface area (TPSA) is 29.1 Å². The number of aryl methyl sites for hydroxylation is 1. The summed E-state index contributed by atoms with van der Waals surface area (Å²) in [5, 5.41) is 3.07. The van der Waals surface area contributed by atoms with Gasteiger partial charge in [-0.1, -0.05) is 6.07 Å². The average molecular weight is 207 g/mol. The number of carbonyl (C=O) groups excluding carboxylic acids is 1. The van der Waals surface area contributed by atoms with Crippen molar-refractivity contribution in [1.29, 1.82) is 0 Å². The van der Waals surface area contributed by atoms with Crippen LogP contribution in [-0.2, 0) is 0 Å². The highest BCUT2D eigenvalue weighted by Crippen LogP contribution is 2.28. The highest BCUT2D eigenvalue weighted by molar-refractivity contribution is 6.02. The van der Waals surface area contributed by atoms with Crippen LogP contribution in [0.4, 0.5) is 4.39 Å². The zero-order chi connectivity index (χ0) is 11.1. The van der Waals surface area contributed by atoms with Gasteiger partial charge in [0, 0.05) is 18.7 Å². The molecule has 1 fully saturated rings. The first-order chi connectivity index (χ1) is 7.03. The van der Waals surface area contributed by atoms with Gasteiger partial charge in [-0.25, -0.2) is 4.39 Å². The maximum absolute atomic E-state index is 13.0. The Hall–Kier alpha value is -1.22. The van der Waals surface area contributed by atoms with Crippen molar-refractivity contribution in [2.24, 2.45) is 5.41 Å². The molecule has 2 nitrogen and oxygen atoms in total. The molecule has 0 bridgehead atoms. The number of hydrogen-bond donors (Lipinski definition) is 1. The minimum atomic E-state index is -0.349. The SMILES string of the molecule is Cc1ccc(F)cc1C(=O)C1(C)CNC1. The second kappa shape index (κ2) is 3.42. The number of ketones is 1. The molecule has 1 aliphatic heterocycles. The van der Waals surface area contributed by atoms with Crippen molar-refractivity contribution in [3.05, 3.63) is 35.1 Å². The van der Waals surface area contributed by atoms with Crippen molar-refractivity contribution in [2.75, 3.05) is 13.1 Å². The molecule has 80 valence electrons. The van der Waals surface area contributed by atoms with Gasteiger partial charge in [0.05, 0.1) is 5.41 Å². The number of nitrogens with one attached hydrogen (secondary N) is 1. The van der Waals surface area contributed by atoms with Crippen molar-refractivity contribution in [2.45, 2.75) is 13.8 Å². The number of rotatable bonds is 2. The van der Waals surface area contributed by atoms with E-state index >= 15 is 0 Å². The van der Waals surface area contributed by atoms with E-state index in [0.717, 1.165) is 5.56 Å². The first-order valence-corrected chi connectivity index (χ1v) is 5.05. The minimum Gasteiger partial charge on any atom is -0.315 e. The van der Waals surface area contributed by atoms with Gasteiger partial charge in [-0.15, -0.1) is 0 Å². The third-order valence-electron chi connectivity index (χ3n) is 3.02. The summed E-state index contributed by atoms with van der Waals surface area (Å²) in [6, 6.07) is 4.37. The Morgan fingerprint density at radius 1 is 1.47 bits per heavy atom. The van der Waals surface area contributed by atoms with Crippen LogP contribution in [0.5, 0.6) is 0 Å². The number of hydrogen-bond acceptors (Lipinski definition) is 2. The molecule has 1 saturated heterocycles. The lowest BCUT2D eigenvalue weighted by atomic mass is 9.76. The van der Waals surface area contributed by atoms with Gasteiger partial charge in [-0.05, 0) is 31.5 Å². The van der Waals surface area contributed by atoms with Crippen molar-refractivity contribution in [3.8, 4) is 0 Å². The van der Waals surface area contributed by atoms with Gasteiger partial charge in [0.25, 0.3) is 0 Å². The predicted molar refractivity (Wildman–Crippen MR) is 56.4 cm³/mol. The normalized spacial score (nSPS) is 18.3. The van der Waals surface area contributed by atoms with Crippen molar-refractivity contribution >= 4 is 5.78 Å². The first kappa shape index (κ1) is 10.3. The van der Waals surface area contributed by atoms with E-state index in [4.69, 9.17) is 0 Å². The van der Waals surface area contributed by atoms with E-state index in [1.807, 2.05) is 13.8 Å². The van der Waals surface area contributed by atoms with Crippen LogP contribution in [0, 0.1) is 18.2 Å². The fraction of sp³-hybridized carbons (Fsp3) is 0.417. The van der Waals surface area contributed by atoms with Crippen LogP contribution in [-0.4, -0.2) is 18.9 Å². The lowest BCUT2D eigenvalue weighted by Crippen LogP contribution is -2.56. The third-order valence-corrected chi connectivity index (χ3v) is 3.02. The maximum Gasteiger partial charge on any atom is 0.171 e. The highest BCUT2D eigenvalue weighted by atomic mass is 19.1. The van der Waals surface area contributed by atoms with Crippen LogP contribution in [0.15, 0.2) is 18.2 Å². The molecule has 0 aliphatic carbocycles. The quantitative estimate of drug-likeness (QED) is 0.751. The number of Topliss-reactive ketones (excluding diaryl/α,β-unsaturated/α-hetero) is 1. The average Bonchev–Trinajstić information content (AvgIpc) is 2.17. The first-order valence-electron chi connectivity index (χ1n) is 5.05. The summed E-state index contributed by atoms with van der Waals surface area (Å²) in [4.78, 5) is 12.1. The van der Waals surface area contributed by atoms with Crippen molar-refractivity contribution in [3.63, 3.8) is 0 Å². The van der Waals surface area contributed by atoms with Crippen LogP contribution >= 0.6 is 0 Å². The van der Waals surface area contributed by atoms with E-state index in [2.05, 4.69) is 5.32 Å². The molecule has 0 unspecified atom stereocenters. The molecule has 1 heterocycles. The molecule has 0 radical (unpaired) electrons. The highest BCUT2D eigenvalue weighted by Gasteiger charge is 2.40. The van der Waals surface area contributed by atoms with E-state index in [-0.39, 0.29) is 17.0 Å². The summed E-state index contributed by atoms with van der Waals surface area (Å²) in [5.74, 6) is -0.307. The summed E-state index contributed by atoms with van der Waals surface area (Å²) in [6.45, 7) is 5.11. The standard InChI is InChI=1S/C12H14FNO/c1-8-3-4-9(13)5-10(8)11(15)12(2)6-14-7-12/h3-5,14H,6-7H2,1-2H3. The largest absolute Gasteiger partial charge is 0.315 e. The Labute approximate surface area is 88.5 Å². The van der Waals surface area contributed by atoms with Crippen LogP contribution in [0.3, 0.4) is 0 Å². The summed E-state index contributed by atoms with van der Waals surface area (Å²) in [5.41, 5.74) is 1.01. The lowest BCUT2D eigenvalue weighted by Gasteiger charge is -2.38. The molecule has 0 amide bonds. The number of benzene rings is 1. The fourth-order valence-electron chi connectivity index (χ4n) is 1.82. The predicted octanol–water partition coefficient (Wildman–Crippen LogP) is 1.93. The monoisotopic (exact) mass is 207 g/mol. The third kappa shape index (κ3) is 1.67. The maximum atomic E-state index is 13.0. The Morgan fingerprint density at radius 2 is 2.13 bits per heavy atom. The molecule has 15 heavy (non-hydrogen) atoms.